The molecule has 2 aromatic rings. The predicted molar refractivity (Wildman–Crippen MR) is 69.2 cm³/mol. The molecule has 0 bridgehead atoms. The second-order valence-electron chi connectivity index (χ2n) is 4.54. The van der Waals surface area contributed by atoms with Gasteiger partial charge in [0.1, 0.15) is 16.8 Å². The average molecular weight is 318 g/mol. The van der Waals surface area contributed by atoms with E-state index in [1.807, 2.05) is 0 Å². The first-order valence-electron chi connectivity index (χ1n) is 6.02. The van der Waals surface area contributed by atoms with Crippen molar-refractivity contribution in [3.8, 4) is 0 Å². The maximum Gasteiger partial charge on any atom is 0.451 e. The molecule has 1 aliphatic rings. The van der Waals surface area contributed by atoms with Crippen LogP contribution in [0.3, 0.4) is 0 Å². The Kier molecular flexibility index (Phi) is 3.24. The lowest BCUT2D eigenvalue weighted by Gasteiger charge is -2.19. The molecule has 110 valence electrons. The average Bonchev–Trinajstić information content (AvgIpc) is 2.79. The number of nitrogens with zero attached hydrogens (tertiary/aromatic N) is 3. The van der Waals surface area contributed by atoms with Crippen LogP contribution in [0.15, 0.2) is 24.3 Å². The van der Waals surface area contributed by atoms with Gasteiger partial charge >= 0.3 is 6.18 Å². The van der Waals surface area contributed by atoms with Crippen molar-refractivity contribution < 1.29 is 17.6 Å². The lowest BCUT2D eigenvalue weighted by atomic mass is 10.2. The molecular formula is C13H8ClF4N3. The molecule has 0 amide bonds. The van der Waals surface area contributed by atoms with Crippen LogP contribution in [-0.4, -0.2) is 16.5 Å². The fourth-order valence-corrected chi connectivity index (χ4v) is 2.44. The fraction of sp³-hybridized carbons (Fsp3) is 0.231. The summed E-state index contributed by atoms with van der Waals surface area (Å²) in [7, 11) is 0. The van der Waals surface area contributed by atoms with E-state index in [-0.39, 0.29) is 11.0 Å². The third-order valence-electron chi connectivity index (χ3n) is 3.15. The topological polar surface area (TPSA) is 29.0 Å². The summed E-state index contributed by atoms with van der Waals surface area (Å²) in [6.45, 7) is 0.406. The highest BCUT2D eigenvalue weighted by atomic mass is 35.5. The van der Waals surface area contributed by atoms with Crippen molar-refractivity contribution in [1.29, 1.82) is 0 Å². The van der Waals surface area contributed by atoms with Gasteiger partial charge in [0.2, 0.25) is 5.82 Å². The largest absolute Gasteiger partial charge is 0.451 e. The molecule has 0 unspecified atom stereocenters. The molecule has 21 heavy (non-hydrogen) atoms. The lowest BCUT2D eigenvalue weighted by molar-refractivity contribution is -0.144. The molecule has 3 nitrogen and oxygen atoms in total. The van der Waals surface area contributed by atoms with Crippen LogP contribution >= 0.6 is 11.6 Å². The van der Waals surface area contributed by atoms with E-state index in [0.29, 0.717) is 18.7 Å². The van der Waals surface area contributed by atoms with Crippen molar-refractivity contribution in [3.05, 3.63) is 46.6 Å². The maximum absolute atomic E-state index is 13.3. The fourth-order valence-electron chi connectivity index (χ4n) is 2.26. The minimum Gasteiger partial charge on any atom is -0.326 e. The highest BCUT2D eigenvalue weighted by Gasteiger charge is 2.36. The van der Waals surface area contributed by atoms with Crippen LogP contribution in [0.5, 0.6) is 0 Å². The van der Waals surface area contributed by atoms with Crippen LogP contribution in [0.25, 0.3) is 0 Å². The molecule has 2 heterocycles. The van der Waals surface area contributed by atoms with Gasteiger partial charge in [-0.2, -0.15) is 13.2 Å². The monoisotopic (exact) mass is 317 g/mol. The molecule has 0 fully saturated rings. The molecule has 1 aliphatic heterocycles. The minimum absolute atomic E-state index is 0.00618. The van der Waals surface area contributed by atoms with Crippen molar-refractivity contribution in [1.82, 2.24) is 9.97 Å². The molecule has 0 atom stereocenters. The first-order valence-corrected chi connectivity index (χ1v) is 6.40. The van der Waals surface area contributed by atoms with E-state index < -0.39 is 17.8 Å². The summed E-state index contributed by atoms with van der Waals surface area (Å²) in [5.41, 5.74) is 1.34. The van der Waals surface area contributed by atoms with Crippen LogP contribution in [0.4, 0.5) is 29.1 Å². The van der Waals surface area contributed by atoms with Crippen molar-refractivity contribution in [2.24, 2.45) is 0 Å². The number of halogens is 5. The van der Waals surface area contributed by atoms with E-state index >= 15 is 0 Å². The second kappa shape index (κ2) is 4.84. The number of rotatable bonds is 1. The molecule has 0 N–H and O–H groups in total. The normalized spacial score (nSPS) is 14.4. The molecule has 0 radical (unpaired) electrons. The Bertz CT molecular complexity index is 702. The number of fused-ring (bicyclic) bond motifs is 1. The van der Waals surface area contributed by atoms with Crippen LogP contribution < -0.4 is 4.90 Å². The molecular weight excluding hydrogens is 310 g/mol. The number of anilines is 2. The Balaban J connectivity index is 2.07. The van der Waals surface area contributed by atoms with Crippen molar-refractivity contribution in [3.63, 3.8) is 0 Å². The van der Waals surface area contributed by atoms with Gasteiger partial charge in [-0.3, -0.25) is 0 Å². The summed E-state index contributed by atoms with van der Waals surface area (Å²) < 4.78 is 51.5. The Morgan fingerprint density at radius 1 is 1.14 bits per heavy atom. The number of hydrogen-bond donors (Lipinski definition) is 0. The Hall–Kier alpha value is -1.89. The summed E-state index contributed by atoms with van der Waals surface area (Å²) in [6, 6.07) is 5.43. The van der Waals surface area contributed by atoms with Gasteiger partial charge in [0, 0.05) is 18.3 Å². The minimum atomic E-state index is -4.69. The number of aromatic nitrogens is 2. The first kappa shape index (κ1) is 14.1. The zero-order chi connectivity index (χ0) is 15.2. The summed E-state index contributed by atoms with van der Waals surface area (Å²) in [5.74, 6) is -1.77. The van der Waals surface area contributed by atoms with Gasteiger partial charge in [0.05, 0.1) is 0 Å². The van der Waals surface area contributed by atoms with Gasteiger partial charge in [0.25, 0.3) is 0 Å². The summed E-state index contributed by atoms with van der Waals surface area (Å²) in [6.07, 6.45) is -4.09. The van der Waals surface area contributed by atoms with Gasteiger partial charge in [-0.15, -0.1) is 0 Å². The molecule has 0 spiro atoms. The Morgan fingerprint density at radius 2 is 1.90 bits per heavy atom. The van der Waals surface area contributed by atoms with Gasteiger partial charge in [-0.05, 0) is 24.1 Å². The van der Waals surface area contributed by atoms with Gasteiger partial charge in [-0.25, -0.2) is 14.4 Å². The summed E-state index contributed by atoms with van der Waals surface area (Å²) in [5, 5.41) is -0.308. The van der Waals surface area contributed by atoms with Crippen LogP contribution in [0.1, 0.15) is 11.4 Å². The third-order valence-corrected chi connectivity index (χ3v) is 3.35. The first-order chi connectivity index (χ1) is 9.84. The SMILES string of the molecule is Fc1ccc2c(c1)N(c1cc(Cl)nc(C(F)(F)F)n1)CC2. The Morgan fingerprint density at radius 3 is 2.62 bits per heavy atom. The molecule has 1 aromatic heterocycles. The van der Waals surface area contributed by atoms with Crippen LogP contribution in [0, 0.1) is 5.82 Å². The second-order valence-corrected chi connectivity index (χ2v) is 4.93. The molecule has 1 aromatic carbocycles. The van der Waals surface area contributed by atoms with E-state index in [0.717, 1.165) is 5.56 Å². The molecule has 8 heteroatoms. The molecule has 3 rings (SSSR count). The Labute approximate surface area is 122 Å². The highest BCUT2D eigenvalue weighted by Crippen LogP contribution is 2.36. The van der Waals surface area contributed by atoms with E-state index in [4.69, 9.17) is 11.6 Å². The van der Waals surface area contributed by atoms with Gasteiger partial charge < -0.3 is 4.90 Å². The van der Waals surface area contributed by atoms with E-state index in [1.165, 1.54) is 23.1 Å². The lowest BCUT2D eigenvalue weighted by Crippen LogP contribution is -2.19. The number of benzene rings is 1. The molecule has 0 saturated heterocycles. The summed E-state index contributed by atoms with van der Waals surface area (Å²) >= 11 is 5.64. The van der Waals surface area contributed by atoms with Crippen LogP contribution in [-0.2, 0) is 12.6 Å². The smallest absolute Gasteiger partial charge is 0.326 e. The maximum atomic E-state index is 13.3. The van der Waals surface area contributed by atoms with Gasteiger partial charge in [-0.1, -0.05) is 17.7 Å². The zero-order valence-electron chi connectivity index (χ0n) is 10.5. The van der Waals surface area contributed by atoms with Crippen molar-refractivity contribution >= 4 is 23.1 Å². The zero-order valence-corrected chi connectivity index (χ0v) is 11.2. The van der Waals surface area contributed by atoms with Gasteiger partial charge in [0.15, 0.2) is 0 Å². The third kappa shape index (κ3) is 2.65. The standard InChI is InChI=1S/C13H8ClF4N3/c14-10-6-11(20-12(19-10)13(16,17)18)21-4-3-7-1-2-8(15)5-9(7)21/h1-2,5-6H,3-4H2. The number of hydrogen-bond acceptors (Lipinski definition) is 3. The predicted octanol–water partition coefficient (Wildman–Crippen LogP) is 3.98. The van der Waals surface area contributed by atoms with E-state index in [9.17, 15) is 17.6 Å². The van der Waals surface area contributed by atoms with Crippen molar-refractivity contribution in [2.45, 2.75) is 12.6 Å². The highest BCUT2D eigenvalue weighted by molar-refractivity contribution is 6.29. The summed E-state index contributed by atoms with van der Waals surface area (Å²) in [4.78, 5) is 8.18. The van der Waals surface area contributed by atoms with E-state index in [2.05, 4.69) is 9.97 Å². The number of alkyl halides is 3. The quantitative estimate of drug-likeness (QED) is 0.588. The van der Waals surface area contributed by atoms with Crippen LogP contribution in [0.2, 0.25) is 5.15 Å². The van der Waals surface area contributed by atoms with E-state index in [1.54, 1.807) is 6.07 Å². The molecule has 0 saturated carbocycles. The molecule has 0 aliphatic carbocycles. The van der Waals surface area contributed by atoms with Crippen molar-refractivity contribution in [2.75, 3.05) is 11.4 Å².